The number of aromatic nitrogens is 4. The third-order valence-corrected chi connectivity index (χ3v) is 6.51. The third kappa shape index (κ3) is 3.71. The molecule has 0 amide bonds. The van der Waals surface area contributed by atoms with Crippen LogP contribution in [0, 0.1) is 6.92 Å². The van der Waals surface area contributed by atoms with Gasteiger partial charge >= 0.3 is 11.3 Å². The molecular formula is C27H19N5O3S. The predicted molar refractivity (Wildman–Crippen MR) is 139 cm³/mol. The summed E-state index contributed by atoms with van der Waals surface area (Å²) in [6, 6.07) is 27.7. The average Bonchev–Trinajstić information content (AvgIpc) is 3.43. The Kier molecular flexibility index (Phi) is 5.31. The van der Waals surface area contributed by atoms with Gasteiger partial charge < -0.3 is 4.42 Å². The minimum atomic E-state index is -0.507. The maximum absolute atomic E-state index is 13.7. The van der Waals surface area contributed by atoms with Crippen molar-refractivity contribution in [3.63, 3.8) is 0 Å². The van der Waals surface area contributed by atoms with Crippen molar-refractivity contribution in [2.75, 3.05) is 0 Å². The standard InChI is InChI=1S/C27H19N5O3S/c1-18-29-30(21-13-6-3-7-14-21)27(34)31(18)32-23(17-36-26(32)28-20-11-4-2-5-12-20)22-16-19-10-8-9-15-24(19)35-25(22)33/h2-17H,1H3. The highest BCUT2D eigenvalue weighted by atomic mass is 32.1. The van der Waals surface area contributed by atoms with Crippen LogP contribution in [0.5, 0.6) is 0 Å². The van der Waals surface area contributed by atoms with Gasteiger partial charge in [-0.25, -0.2) is 19.3 Å². The number of rotatable bonds is 4. The van der Waals surface area contributed by atoms with Crippen LogP contribution in [0.3, 0.4) is 0 Å². The highest BCUT2D eigenvalue weighted by Gasteiger charge is 2.21. The molecule has 3 aromatic carbocycles. The van der Waals surface area contributed by atoms with Gasteiger partial charge in [-0.15, -0.1) is 16.4 Å². The summed E-state index contributed by atoms with van der Waals surface area (Å²) in [7, 11) is 0. The van der Waals surface area contributed by atoms with Gasteiger partial charge in [0.1, 0.15) is 5.58 Å². The zero-order chi connectivity index (χ0) is 24.6. The molecule has 0 fully saturated rings. The lowest BCUT2D eigenvalue weighted by Crippen LogP contribution is -2.35. The summed E-state index contributed by atoms with van der Waals surface area (Å²) in [6.45, 7) is 1.74. The second-order valence-electron chi connectivity index (χ2n) is 8.04. The lowest BCUT2D eigenvalue weighted by molar-refractivity contribution is 0.557. The van der Waals surface area contributed by atoms with E-state index in [4.69, 9.17) is 9.41 Å². The normalized spacial score (nSPS) is 11.9. The van der Waals surface area contributed by atoms with Gasteiger partial charge in [-0.2, -0.15) is 9.36 Å². The summed E-state index contributed by atoms with van der Waals surface area (Å²) in [5, 5.41) is 7.07. The van der Waals surface area contributed by atoms with Crippen molar-refractivity contribution in [1.82, 2.24) is 19.1 Å². The van der Waals surface area contributed by atoms with E-state index in [0.29, 0.717) is 38.8 Å². The number of aryl methyl sites for hydroxylation is 1. The Bertz CT molecular complexity index is 1890. The van der Waals surface area contributed by atoms with Gasteiger partial charge in [0.25, 0.3) is 0 Å². The number of fused-ring (bicyclic) bond motifs is 1. The van der Waals surface area contributed by atoms with Crippen molar-refractivity contribution in [2.24, 2.45) is 4.99 Å². The summed E-state index contributed by atoms with van der Waals surface area (Å²) in [5.41, 5.74) is 1.74. The summed E-state index contributed by atoms with van der Waals surface area (Å²) in [4.78, 5) is 32.0. The second-order valence-corrected chi connectivity index (χ2v) is 8.87. The number of para-hydroxylation sites is 3. The first kappa shape index (κ1) is 21.8. The SMILES string of the molecule is Cc1nn(-c2ccccc2)c(=O)n1-n1c(-c2cc3ccccc3oc2=O)csc1=Nc1ccccc1. The van der Waals surface area contributed by atoms with E-state index in [1.807, 2.05) is 78.9 Å². The Morgan fingerprint density at radius 2 is 1.56 bits per heavy atom. The molecule has 0 bridgehead atoms. The Labute approximate surface area is 208 Å². The Morgan fingerprint density at radius 3 is 2.33 bits per heavy atom. The smallest absolute Gasteiger partial charge is 0.370 e. The largest absolute Gasteiger partial charge is 0.422 e. The molecule has 6 rings (SSSR count). The molecule has 0 N–H and O–H groups in total. The van der Waals surface area contributed by atoms with E-state index in [1.165, 1.54) is 20.7 Å². The second kappa shape index (κ2) is 8.79. The van der Waals surface area contributed by atoms with Gasteiger partial charge in [0.15, 0.2) is 5.82 Å². The monoisotopic (exact) mass is 493 g/mol. The predicted octanol–water partition coefficient (Wildman–Crippen LogP) is 4.52. The van der Waals surface area contributed by atoms with E-state index in [1.54, 1.807) is 29.1 Å². The van der Waals surface area contributed by atoms with Crippen molar-refractivity contribution in [2.45, 2.75) is 6.92 Å². The van der Waals surface area contributed by atoms with Crippen LogP contribution in [0.1, 0.15) is 5.82 Å². The molecule has 0 saturated heterocycles. The van der Waals surface area contributed by atoms with Gasteiger partial charge in [0.2, 0.25) is 4.80 Å². The summed E-state index contributed by atoms with van der Waals surface area (Å²) >= 11 is 1.32. The van der Waals surface area contributed by atoms with Gasteiger partial charge in [0.05, 0.1) is 22.6 Å². The minimum absolute atomic E-state index is 0.318. The maximum atomic E-state index is 13.7. The molecule has 0 saturated carbocycles. The molecular weight excluding hydrogens is 474 g/mol. The van der Waals surface area contributed by atoms with Crippen LogP contribution in [-0.2, 0) is 0 Å². The molecule has 36 heavy (non-hydrogen) atoms. The number of benzene rings is 3. The lowest BCUT2D eigenvalue weighted by Gasteiger charge is -2.10. The Hall–Kier alpha value is -4.76. The molecule has 3 heterocycles. The number of hydrogen-bond donors (Lipinski definition) is 0. The minimum Gasteiger partial charge on any atom is -0.422 e. The van der Waals surface area contributed by atoms with E-state index in [0.717, 1.165) is 5.39 Å². The molecule has 0 radical (unpaired) electrons. The van der Waals surface area contributed by atoms with Crippen molar-refractivity contribution >= 4 is 28.0 Å². The first-order chi connectivity index (χ1) is 17.6. The zero-order valence-electron chi connectivity index (χ0n) is 19.1. The fourth-order valence-corrected chi connectivity index (χ4v) is 4.92. The summed E-state index contributed by atoms with van der Waals surface area (Å²) < 4.78 is 9.98. The first-order valence-electron chi connectivity index (χ1n) is 11.2. The van der Waals surface area contributed by atoms with Crippen molar-refractivity contribution in [1.29, 1.82) is 0 Å². The average molecular weight is 494 g/mol. The molecule has 0 aliphatic heterocycles. The van der Waals surface area contributed by atoms with Gasteiger partial charge in [-0.1, -0.05) is 54.6 Å². The Morgan fingerprint density at radius 1 is 0.861 bits per heavy atom. The Balaban J connectivity index is 1.67. The van der Waals surface area contributed by atoms with Crippen LogP contribution < -0.4 is 16.1 Å². The highest BCUT2D eigenvalue weighted by molar-refractivity contribution is 7.07. The highest BCUT2D eigenvalue weighted by Crippen LogP contribution is 2.22. The molecule has 3 aromatic heterocycles. The molecule has 176 valence electrons. The third-order valence-electron chi connectivity index (χ3n) is 5.70. The number of thiazole rings is 1. The van der Waals surface area contributed by atoms with Crippen LogP contribution in [0.15, 0.2) is 115 Å². The van der Waals surface area contributed by atoms with Crippen LogP contribution in [-0.4, -0.2) is 19.1 Å². The number of hydrogen-bond acceptors (Lipinski definition) is 6. The van der Waals surface area contributed by atoms with Crippen LogP contribution in [0.2, 0.25) is 0 Å². The van der Waals surface area contributed by atoms with E-state index in [-0.39, 0.29) is 0 Å². The molecule has 8 nitrogen and oxygen atoms in total. The quantitative estimate of drug-likeness (QED) is 0.338. The van der Waals surface area contributed by atoms with Crippen LogP contribution >= 0.6 is 11.3 Å². The molecule has 0 spiro atoms. The lowest BCUT2D eigenvalue weighted by atomic mass is 10.1. The molecule has 0 unspecified atom stereocenters. The summed E-state index contributed by atoms with van der Waals surface area (Å²) in [5.74, 6) is 0.434. The van der Waals surface area contributed by atoms with E-state index < -0.39 is 11.3 Å². The van der Waals surface area contributed by atoms with Gasteiger partial charge in [-0.3, -0.25) is 0 Å². The fourth-order valence-electron chi connectivity index (χ4n) is 4.04. The zero-order valence-corrected chi connectivity index (χ0v) is 19.9. The van der Waals surface area contributed by atoms with E-state index >= 15 is 0 Å². The van der Waals surface area contributed by atoms with Gasteiger partial charge in [0, 0.05) is 10.8 Å². The van der Waals surface area contributed by atoms with Gasteiger partial charge in [-0.05, 0) is 43.3 Å². The van der Waals surface area contributed by atoms with Crippen molar-refractivity contribution in [3.8, 4) is 16.9 Å². The molecule has 0 aliphatic carbocycles. The number of nitrogens with zero attached hydrogens (tertiary/aromatic N) is 5. The maximum Gasteiger partial charge on any atom is 0.370 e. The van der Waals surface area contributed by atoms with Crippen LogP contribution in [0.4, 0.5) is 5.69 Å². The molecule has 9 heteroatoms. The van der Waals surface area contributed by atoms with Crippen molar-refractivity contribution in [3.05, 3.63) is 128 Å². The van der Waals surface area contributed by atoms with E-state index in [2.05, 4.69) is 5.10 Å². The van der Waals surface area contributed by atoms with Crippen molar-refractivity contribution < 1.29 is 4.42 Å². The first-order valence-corrected chi connectivity index (χ1v) is 12.1. The van der Waals surface area contributed by atoms with Crippen LogP contribution in [0.25, 0.3) is 27.9 Å². The fraction of sp³-hybridized carbons (Fsp3) is 0.0370. The molecule has 0 aliphatic rings. The van der Waals surface area contributed by atoms with E-state index in [9.17, 15) is 9.59 Å². The molecule has 6 aromatic rings. The molecule has 0 atom stereocenters. The summed E-state index contributed by atoms with van der Waals surface area (Å²) in [6.07, 6.45) is 0. The topological polar surface area (TPSA) is 87.3 Å².